The quantitative estimate of drug-likeness (QED) is 0.830. The Morgan fingerprint density at radius 2 is 2.20 bits per heavy atom. The molecule has 1 heterocycles. The van der Waals surface area contributed by atoms with Gasteiger partial charge in [-0.25, -0.2) is 13.8 Å². The molecule has 3 nitrogen and oxygen atoms in total. The van der Waals surface area contributed by atoms with E-state index < -0.39 is 11.6 Å². The number of benzene rings is 1. The summed E-state index contributed by atoms with van der Waals surface area (Å²) in [7, 11) is 0. The lowest BCUT2D eigenvalue weighted by Gasteiger charge is -2.05. The Hall–Kier alpha value is -1.34. The molecule has 0 bridgehead atoms. The van der Waals surface area contributed by atoms with Gasteiger partial charge in [0, 0.05) is 10.9 Å². The molecule has 0 aliphatic rings. The lowest BCUT2D eigenvalue weighted by Crippen LogP contribution is -2.21. The van der Waals surface area contributed by atoms with Crippen molar-refractivity contribution in [1.29, 1.82) is 0 Å². The van der Waals surface area contributed by atoms with Gasteiger partial charge < -0.3 is 5.32 Å². The topological polar surface area (TPSA) is 42.0 Å². The van der Waals surface area contributed by atoms with Gasteiger partial charge in [-0.1, -0.05) is 22.9 Å². The van der Waals surface area contributed by atoms with Crippen molar-refractivity contribution >= 4 is 38.3 Å². The first kappa shape index (κ1) is 15.1. The molecule has 1 atom stereocenters. The van der Waals surface area contributed by atoms with Crippen LogP contribution >= 0.6 is 27.3 Å². The van der Waals surface area contributed by atoms with Crippen molar-refractivity contribution in [1.82, 2.24) is 4.98 Å². The number of alkyl halides is 1. The summed E-state index contributed by atoms with van der Waals surface area (Å²) in [5.41, 5.74) is 0.957. The number of nitrogens with zero attached hydrogens (tertiary/aromatic N) is 1. The van der Waals surface area contributed by atoms with E-state index >= 15 is 0 Å². The monoisotopic (exact) mass is 360 g/mol. The second kappa shape index (κ2) is 6.41. The number of carbonyl (C=O) groups excluding carboxylic acids is 1. The summed E-state index contributed by atoms with van der Waals surface area (Å²) in [4.78, 5) is 15.6. The maximum Gasteiger partial charge on any atom is 0.239 e. The highest BCUT2D eigenvalue weighted by Gasteiger charge is 2.15. The summed E-state index contributed by atoms with van der Waals surface area (Å²) in [5.74, 6) is -2.01. The highest BCUT2D eigenvalue weighted by molar-refractivity contribution is 9.10. The summed E-state index contributed by atoms with van der Waals surface area (Å²) in [5, 5.41) is 4.76. The Bertz CT molecular complexity index is 633. The molecular weight excluding hydrogens is 350 g/mol. The van der Waals surface area contributed by atoms with Gasteiger partial charge in [-0.3, -0.25) is 4.79 Å². The largest absolute Gasteiger partial charge is 0.301 e. The summed E-state index contributed by atoms with van der Waals surface area (Å²) in [6.45, 7) is 1.88. The molecule has 7 heteroatoms. The van der Waals surface area contributed by atoms with Crippen molar-refractivity contribution in [3.8, 4) is 11.3 Å². The van der Waals surface area contributed by atoms with Gasteiger partial charge in [0.2, 0.25) is 5.91 Å². The number of nitrogens with one attached hydrogen (secondary N) is 1. The molecule has 0 aliphatic heterocycles. The van der Waals surface area contributed by atoms with E-state index in [-0.39, 0.29) is 10.7 Å². The first-order valence-corrected chi connectivity index (χ1v) is 7.66. The van der Waals surface area contributed by atoms with Gasteiger partial charge >= 0.3 is 0 Å². The summed E-state index contributed by atoms with van der Waals surface area (Å²) in [6.07, 6.45) is 0.660. The molecule has 0 saturated carbocycles. The van der Waals surface area contributed by atoms with E-state index in [2.05, 4.69) is 26.2 Å². The molecule has 1 N–H and O–H groups in total. The van der Waals surface area contributed by atoms with Gasteiger partial charge in [0.25, 0.3) is 0 Å². The predicted molar refractivity (Wildman–Crippen MR) is 79.1 cm³/mol. The molecule has 1 amide bonds. The minimum Gasteiger partial charge on any atom is -0.301 e. The van der Waals surface area contributed by atoms with Gasteiger partial charge in [-0.2, -0.15) is 0 Å². The minimum atomic E-state index is -0.924. The second-order valence-electron chi connectivity index (χ2n) is 4.03. The van der Waals surface area contributed by atoms with Crippen LogP contribution in [-0.2, 0) is 4.79 Å². The molecule has 2 aromatic rings. The summed E-state index contributed by atoms with van der Waals surface area (Å²) < 4.78 is 26.0. The Labute approximate surface area is 127 Å². The molecule has 0 radical (unpaired) electrons. The Morgan fingerprint density at radius 3 is 2.85 bits per heavy atom. The number of hydrogen-bond acceptors (Lipinski definition) is 3. The fourth-order valence-electron chi connectivity index (χ4n) is 1.49. The number of halogens is 3. The lowest BCUT2D eigenvalue weighted by atomic mass is 10.2. The normalized spacial score (nSPS) is 12.2. The van der Waals surface area contributed by atoms with E-state index in [1.807, 2.05) is 6.92 Å². The molecule has 0 saturated heterocycles. The molecule has 0 fully saturated rings. The van der Waals surface area contributed by atoms with E-state index in [4.69, 9.17) is 0 Å². The van der Waals surface area contributed by atoms with E-state index in [9.17, 15) is 13.6 Å². The number of aromatic nitrogens is 1. The highest BCUT2D eigenvalue weighted by atomic mass is 79.9. The first-order valence-electron chi connectivity index (χ1n) is 5.87. The van der Waals surface area contributed by atoms with E-state index in [1.165, 1.54) is 17.4 Å². The van der Waals surface area contributed by atoms with Gasteiger partial charge in [-0.05, 0) is 24.6 Å². The van der Waals surface area contributed by atoms with Gasteiger partial charge in [0.05, 0.1) is 10.5 Å². The fraction of sp³-hybridized carbons (Fsp3) is 0.231. The molecule has 0 aliphatic carbocycles. The van der Waals surface area contributed by atoms with E-state index in [0.29, 0.717) is 22.8 Å². The maximum absolute atomic E-state index is 13.2. The highest BCUT2D eigenvalue weighted by Crippen LogP contribution is 2.26. The summed E-state index contributed by atoms with van der Waals surface area (Å²) >= 11 is 4.47. The third-order valence-corrected chi connectivity index (χ3v) is 4.41. The van der Waals surface area contributed by atoms with Crippen LogP contribution in [0, 0.1) is 11.6 Å². The zero-order valence-electron chi connectivity index (χ0n) is 10.5. The Kier molecular flexibility index (Phi) is 4.82. The zero-order valence-corrected chi connectivity index (χ0v) is 12.9. The molecule has 20 heavy (non-hydrogen) atoms. The molecule has 106 valence electrons. The molecule has 1 aromatic heterocycles. The van der Waals surface area contributed by atoms with Crippen LogP contribution in [0.2, 0.25) is 0 Å². The number of anilines is 1. The average molecular weight is 361 g/mol. The molecule has 1 aromatic carbocycles. The van der Waals surface area contributed by atoms with Crippen LogP contribution in [0.5, 0.6) is 0 Å². The number of carbonyl (C=O) groups is 1. The van der Waals surface area contributed by atoms with Gasteiger partial charge in [0.1, 0.15) is 0 Å². The molecular formula is C13H11BrF2N2OS. The number of thiazole rings is 1. The van der Waals surface area contributed by atoms with Crippen LogP contribution in [0.1, 0.15) is 13.3 Å². The van der Waals surface area contributed by atoms with Crippen LogP contribution in [0.25, 0.3) is 11.3 Å². The van der Waals surface area contributed by atoms with Crippen LogP contribution in [0.3, 0.4) is 0 Å². The van der Waals surface area contributed by atoms with Crippen LogP contribution in [0.4, 0.5) is 13.9 Å². The van der Waals surface area contributed by atoms with Crippen molar-refractivity contribution < 1.29 is 13.6 Å². The van der Waals surface area contributed by atoms with E-state index in [1.54, 1.807) is 5.38 Å². The van der Waals surface area contributed by atoms with Crippen molar-refractivity contribution in [3.05, 3.63) is 35.2 Å². The smallest absolute Gasteiger partial charge is 0.239 e. The van der Waals surface area contributed by atoms with Crippen LogP contribution in [-0.4, -0.2) is 15.7 Å². The van der Waals surface area contributed by atoms with Crippen molar-refractivity contribution in [2.24, 2.45) is 0 Å². The molecule has 2 rings (SSSR count). The molecule has 0 spiro atoms. The number of amides is 1. The average Bonchev–Trinajstić information content (AvgIpc) is 2.89. The van der Waals surface area contributed by atoms with Crippen LogP contribution in [0.15, 0.2) is 23.6 Å². The Morgan fingerprint density at radius 1 is 1.45 bits per heavy atom. The summed E-state index contributed by atoms with van der Waals surface area (Å²) in [6, 6.07) is 3.57. The van der Waals surface area contributed by atoms with E-state index in [0.717, 1.165) is 12.1 Å². The van der Waals surface area contributed by atoms with Gasteiger partial charge in [-0.15, -0.1) is 11.3 Å². The minimum absolute atomic E-state index is 0.182. The standard InChI is InChI=1S/C13H11BrF2N2OS/c1-2-8(14)12(19)18-13-17-11(6-20-13)7-3-4-9(15)10(16)5-7/h3-6,8H,2H2,1H3,(H,17,18,19). The van der Waals surface area contributed by atoms with Crippen molar-refractivity contribution in [2.75, 3.05) is 5.32 Å². The van der Waals surface area contributed by atoms with Crippen molar-refractivity contribution in [2.45, 2.75) is 18.2 Å². The second-order valence-corrected chi connectivity index (χ2v) is 6.00. The first-order chi connectivity index (χ1) is 9.51. The zero-order chi connectivity index (χ0) is 14.7. The molecule has 1 unspecified atom stereocenters. The fourth-order valence-corrected chi connectivity index (χ4v) is 2.33. The maximum atomic E-state index is 13.2. The Balaban J connectivity index is 2.16. The number of hydrogen-bond donors (Lipinski definition) is 1. The van der Waals surface area contributed by atoms with Crippen molar-refractivity contribution in [3.63, 3.8) is 0 Å². The SMILES string of the molecule is CCC(Br)C(=O)Nc1nc(-c2ccc(F)c(F)c2)cs1. The van der Waals surface area contributed by atoms with Gasteiger partial charge in [0.15, 0.2) is 16.8 Å². The predicted octanol–water partition coefficient (Wildman–Crippen LogP) is 4.20. The van der Waals surface area contributed by atoms with Crippen LogP contribution < -0.4 is 5.32 Å². The number of rotatable bonds is 4. The third-order valence-electron chi connectivity index (χ3n) is 2.59. The lowest BCUT2D eigenvalue weighted by molar-refractivity contribution is -0.115. The third kappa shape index (κ3) is 3.40.